The Morgan fingerprint density at radius 1 is 1.31 bits per heavy atom. The van der Waals surface area contributed by atoms with Gasteiger partial charge in [-0.1, -0.05) is 25.4 Å². The van der Waals surface area contributed by atoms with Crippen LogP contribution in [0.1, 0.15) is 33.1 Å². The molecular weight excluding hydrogens is 417 g/mol. The van der Waals surface area contributed by atoms with Gasteiger partial charge in [0.25, 0.3) is 5.91 Å². The highest BCUT2D eigenvalue weighted by Crippen LogP contribution is 2.60. The lowest BCUT2D eigenvalue weighted by Crippen LogP contribution is -2.84. The third-order valence-corrected chi connectivity index (χ3v) is 7.48. The van der Waals surface area contributed by atoms with Gasteiger partial charge in [0.05, 0.1) is 5.02 Å². The lowest BCUT2D eigenvalue weighted by molar-refractivity contribution is -0.150. The average molecular weight is 442 g/mol. The predicted octanol–water partition coefficient (Wildman–Crippen LogP) is 2.45. The molecule has 3 N–H and O–H groups in total. The van der Waals surface area contributed by atoms with E-state index in [9.17, 15) is 14.0 Å². The number of rotatable bonds is 7. The maximum Gasteiger partial charge on any atom is 0.258 e. The van der Waals surface area contributed by atoms with Crippen molar-refractivity contribution in [1.82, 2.24) is 16.0 Å². The van der Waals surface area contributed by atoms with E-state index in [4.69, 9.17) is 16.3 Å². The summed E-state index contributed by atoms with van der Waals surface area (Å²) in [6, 6.07) is 4.42. The molecule has 4 fully saturated rings. The number of amides is 2. The number of carbonyl (C=O) groups is 2. The molecule has 5 rings (SSSR count). The molecule has 2 bridgehead atoms. The summed E-state index contributed by atoms with van der Waals surface area (Å²) >= 11 is 7.28. The van der Waals surface area contributed by atoms with Gasteiger partial charge in [0.2, 0.25) is 5.91 Å². The van der Waals surface area contributed by atoms with Crippen molar-refractivity contribution in [3.8, 4) is 5.75 Å². The monoisotopic (exact) mass is 441 g/mol. The Morgan fingerprint density at radius 3 is 2.62 bits per heavy atom. The van der Waals surface area contributed by atoms with Gasteiger partial charge in [-0.05, 0) is 37.3 Å². The first-order valence-electron chi connectivity index (χ1n) is 9.78. The summed E-state index contributed by atoms with van der Waals surface area (Å²) < 4.78 is 18.7. The van der Waals surface area contributed by atoms with Crippen molar-refractivity contribution in [1.29, 1.82) is 0 Å². The first kappa shape index (κ1) is 20.8. The lowest BCUT2D eigenvalue weighted by Gasteiger charge is -2.70. The Hall–Kier alpha value is -1.51. The second-order valence-corrected chi connectivity index (χ2v) is 10.3. The molecule has 2 amide bonds. The van der Waals surface area contributed by atoms with Crippen LogP contribution < -0.4 is 20.7 Å². The van der Waals surface area contributed by atoms with Gasteiger partial charge in [0, 0.05) is 28.9 Å². The number of carbonyl (C=O) groups excluding carboxylic acids is 2. The van der Waals surface area contributed by atoms with E-state index in [2.05, 4.69) is 29.8 Å². The Labute approximate surface area is 178 Å². The minimum absolute atomic E-state index is 0.00828. The summed E-state index contributed by atoms with van der Waals surface area (Å²) in [5, 5.41) is 9.36. The van der Waals surface area contributed by atoms with Gasteiger partial charge in [0.1, 0.15) is 16.9 Å². The van der Waals surface area contributed by atoms with Gasteiger partial charge in [-0.3, -0.25) is 14.9 Å². The molecule has 29 heavy (non-hydrogen) atoms. The summed E-state index contributed by atoms with van der Waals surface area (Å²) in [6.45, 7) is 4.11. The van der Waals surface area contributed by atoms with Crippen molar-refractivity contribution in [2.24, 2.45) is 5.92 Å². The van der Waals surface area contributed by atoms with Gasteiger partial charge in [0.15, 0.2) is 6.61 Å². The van der Waals surface area contributed by atoms with Gasteiger partial charge >= 0.3 is 0 Å². The topological polar surface area (TPSA) is 79.5 Å². The number of thioether (sulfide) groups is 1. The number of hydrogen-bond donors (Lipinski definition) is 3. The van der Waals surface area contributed by atoms with E-state index in [-0.39, 0.29) is 45.6 Å². The van der Waals surface area contributed by atoms with Crippen LogP contribution in [0, 0.1) is 11.7 Å². The van der Waals surface area contributed by atoms with Crippen LogP contribution in [0.5, 0.6) is 5.75 Å². The summed E-state index contributed by atoms with van der Waals surface area (Å²) in [4.78, 5) is 24.7. The molecule has 1 aromatic rings. The lowest BCUT2D eigenvalue weighted by atomic mass is 9.44. The fourth-order valence-electron chi connectivity index (χ4n) is 4.45. The van der Waals surface area contributed by atoms with Crippen molar-refractivity contribution < 1.29 is 18.7 Å². The molecule has 2 atom stereocenters. The normalized spacial score (nSPS) is 32.3. The van der Waals surface area contributed by atoms with Crippen LogP contribution in [0.3, 0.4) is 0 Å². The van der Waals surface area contributed by atoms with Crippen LogP contribution in [0.25, 0.3) is 0 Å². The Bertz CT molecular complexity index is 817. The largest absolute Gasteiger partial charge is 0.484 e. The molecular formula is C20H25ClFN3O3S. The number of nitrogens with one attached hydrogen (secondary N) is 3. The maximum atomic E-state index is 13.4. The van der Waals surface area contributed by atoms with E-state index in [1.54, 1.807) is 11.8 Å². The smallest absolute Gasteiger partial charge is 0.258 e. The molecule has 1 aliphatic heterocycles. The molecule has 0 radical (unpaired) electrons. The Kier molecular flexibility index (Phi) is 5.46. The zero-order valence-corrected chi connectivity index (χ0v) is 18.0. The van der Waals surface area contributed by atoms with Crippen LogP contribution in [-0.4, -0.2) is 46.7 Å². The second kappa shape index (κ2) is 7.63. The number of ether oxygens (including phenoxy) is 1. The fraction of sp³-hybridized carbons (Fsp3) is 0.600. The van der Waals surface area contributed by atoms with Gasteiger partial charge in [-0.2, -0.15) is 0 Å². The van der Waals surface area contributed by atoms with E-state index in [0.717, 1.165) is 31.1 Å². The van der Waals surface area contributed by atoms with Crippen LogP contribution in [0.4, 0.5) is 4.39 Å². The van der Waals surface area contributed by atoms with Crippen LogP contribution in [0.2, 0.25) is 5.02 Å². The SMILES string of the molecule is CC(C)C1CSC(C(=O)NC23CC(NC(=O)COc4ccc(Cl)c(F)c4)(C2)C3)N1. The van der Waals surface area contributed by atoms with Crippen molar-refractivity contribution in [2.45, 2.75) is 55.6 Å². The zero-order valence-electron chi connectivity index (χ0n) is 16.4. The molecule has 0 aromatic heterocycles. The van der Waals surface area contributed by atoms with Crippen LogP contribution in [-0.2, 0) is 9.59 Å². The molecule has 3 aliphatic carbocycles. The van der Waals surface area contributed by atoms with Crippen molar-refractivity contribution in [3.05, 3.63) is 29.0 Å². The van der Waals surface area contributed by atoms with E-state index in [0.29, 0.717) is 12.0 Å². The Balaban J connectivity index is 1.19. The molecule has 4 aliphatic rings. The number of hydrogen-bond acceptors (Lipinski definition) is 5. The maximum absolute atomic E-state index is 13.4. The highest BCUT2D eigenvalue weighted by atomic mass is 35.5. The van der Waals surface area contributed by atoms with Crippen molar-refractivity contribution >= 4 is 35.2 Å². The minimum atomic E-state index is -0.587. The van der Waals surface area contributed by atoms with Crippen molar-refractivity contribution in [2.75, 3.05) is 12.4 Å². The fourth-order valence-corrected chi connectivity index (χ4v) is 5.93. The summed E-state index contributed by atoms with van der Waals surface area (Å²) in [5.41, 5.74) is -0.446. The molecule has 1 saturated heterocycles. The molecule has 1 heterocycles. The van der Waals surface area contributed by atoms with Crippen molar-refractivity contribution in [3.63, 3.8) is 0 Å². The van der Waals surface area contributed by atoms with Crippen LogP contribution >= 0.6 is 23.4 Å². The Morgan fingerprint density at radius 2 is 2.00 bits per heavy atom. The highest BCUT2D eigenvalue weighted by Gasteiger charge is 2.69. The van der Waals surface area contributed by atoms with E-state index < -0.39 is 5.82 Å². The molecule has 0 spiro atoms. The quantitative estimate of drug-likeness (QED) is 0.605. The number of halogens is 2. The van der Waals surface area contributed by atoms with E-state index >= 15 is 0 Å². The molecule has 158 valence electrons. The van der Waals surface area contributed by atoms with E-state index in [1.165, 1.54) is 12.1 Å². The number of benzene rings is 1. The predicted molar refractivity (Wildman–Crippen MR) is 111 cm³/mol. The molecule has 2 unspecified atom stereocenters. The van der Waals surface area contributed by atoms with Gasteiger partial charge in [-0.15, -0.1) is 11.8 Å². The summed E-state index contributed by atoms with van der Waals surface area (Å²) in [5.74, 6) is 0.889. The molecule has 9 heteroatoms. The highest BCUT2D eigenvalue weighted by molar-refractivity contribution is 8.00. The average Bonchev–Trinajstić information content (AvgIpc) is 3.10. The molecule has 6 nitrogen and oxygen atoms in total. The second-order valence-electron chi connectivity index (χ2n) is 8.72. The standard InChI is InChI=1S/C20H25ClFN3O3S/c1-11(2)15-7-29-18(23-15)17(27)25-20-8-19(9-20,10-20)24-16(26)6-28-12-3-4-13(21)14(22)5-12/h3-5,11,15,18,23H,6-10H2,1-2H3,(H,24,26)(H,25,27). The molecule has 3 saturated carbocycles. The van der Waals surface area contributed by atoms with Crippen LogP contribution in [0.15, 0.2) is 18.2 Å². The zero-order chi connectivity index (χ0) is 20.8. The third kappa shape index (κ3) is 4.20. The summed E-state index contributed by atoms with van der Waals surface area (Å²) in [7, 11) is 0. The van der Waals surface area contributed by atoms with Gasteiger partial charge in [-0.25, -0.2) is 4.39 Å². The van der Waals surface area contributed by atoms with Gasteiger partial charge < -0.3 is 15.4 Å². The minimum Gasteiger partial charge on any atom is -0.484 e. The van der Waals surface area contributed by atoms with E-state index in [1.807, 2.05) is 0 Å². The molecule has 1 aromatic carbocycles. The summed E-state index contributed by atoms with van der Waals surface area (Å²) in [6.07, 6.45) is 2.20. The third-order valence-electron chi connectivity index (χ3n) is 5.94. The first-order chi connectivity index (χ1) is 13.7. The first-order valence-corrected chi connectivity index (χ1v) is 11.2.